The Morgan fingerprint density at radius 2 is 1.85 bits per heavy atom. The van der Waals surface area contributed by atoms with Crippen LogP contribution in [0.3, 0.4) is 0 Å². The third kappa shape index (κ3) is 9.02. The lowest BCUT2D eigenvalue weighted by Gasteiger charge is -2.39. The minimum atomic E-state index is -0.534. The lowest BCUT2D eigenvalue weighted by atomic mass is 9.90. The fourth-order valence-electron chi connectivity index (χ4n) is 5.71. The number of benzene rings is 1. The van der Waals surface area contributed by atoms with E-state index in [9.17, 15) is 19.2 Å². The molecule has 224 valence electrons. The van der Waals surface area contributed by atoms with Crippen molar-refractivity contribution in [3.63, 3.8) is 0 Å². The zero-order valence-corrected chi connectivity index (χ0v) is 24.9. The molecule has 1 aromatic rings. The maximum atomic E-state index is 13.7. The summed E-state index contributed by atoms with van der Waals surface area (Å²) in [5, 5.41) is 5.43. The van der Waals surface area contributed by atoms with Gasteiger partial charge in [-0.15, -0.1) is 0 Å². The lowest BCUT2D eigenvalue weighted by molar-refractivity contribution is -0.145. The van der Waals surface area contributed by atoms with Crippen LogP contribution < -0.4 is 10.6 Å². The fourth-order valence-corrected chi connectivity index (χ4v) is 5.71. The Balaban J connectivity index is 2.08. The van der Waals surface area contributed by atoms with E-state index in [4.69, 9.17) is 9.47 Å². The zero-order valence-electron chi connectivity index (χ0n) is 24.9. The average molecular weight is 561 g/mol. The molecule has 5 unspecified atom stereocenters. The molecule has 40 heavy (non-hydrogen) atoms. The minimum absolute atomic E-state index is 0.0589. The molecule has 0 radical (unpaired) electrons. The summed E-state index contributed by atoms with van der Waals surface area (Å²) in [4.78, 5) is 53.5. The summed E-state index contributed by atoms with van der Waals surface area (Å²) in [5.41, 5.74) is 1.15. The van der Waals surface area contributed by atoms with Crippen LogP contribution in [0.2, 0.25) is 0 Å². The van der Waals surface area contributed by atoms with Crippen LogP contribution in [0, 0.1) is 11.8 Å². The van der Waals surface area contributed by atoms with E-state index in [-0.39, 0.29) is 48.7 Å². The minimum Gasteiger partial charge on any atom is -0.379 e. The molecule has 0 bridgehead atoms. The topological polar surface area (TPSA) is 117 Å². The molecule has 2 rings (SSSR count). The summed E-state index contributed by atoms with van der Waals surface area (Å²) < 4.78 is 11.6. The van der Waals surface area contributed by atoms with E-state index < -0.39 is 18.1 Å². The molecule has 10 nitrogen and oxygen atoms in total. The maximum absolute atomic E-state index is 13.7. The molecule has 1 heterocycles. The van der Waals surface area contributed by atoms with Crippen LogP contribution in [0.4, 0.5) is 0 Å². The average Bonchev–Trinajstić information content (AvgIpc) is 3.45. The van der Waals surface area contributed by atoms with Gasteiger partial charge < -0.3 is 29.9 Å². The number of methoxy groups -OCH3 is 2. The van der Waals surface area contributed by atoms with Crippen molar-refractivity contribution in [2.45, 2.75) is 77.2 Å². The molecule has 0 saturated carbocycles. The number of likely N-dealkylation sites (tertiary alicyclic amines) is 1. The van der Waals surface area contributed by atoms with Crippen molar-refractivity contribution in [2.75, 3.05) is 40.9 Å². The van der Waals surface area contributed by atoms with Crippen molar-refractivity contribution in [3.8, 4) is 0 Å². The molecular formula is C30H48N4O6. The van der Waals surface area contributed by atoms with Gasteiger partial charge in [-0.1, -0.05) is 57.5 Å². The van der Waals surface area contributed by atoms with Gasteiger partial charge in [-0.2, -0.15) is 0 Å². The Morgan fingerprint density at radius 1 is 1.15 bits per heavy atom. The second-order valence-electron chi connectivity index (χ2n) is 10.7. The predicted molar refractivity (Wildman–Crippen MR) is 153 cm³/mol. The molecule has 1 aliphatic rings. The number of carbonyl (C=O) groups excluding carboxylic acids is 4. The van der Waals surface area contributed by atoms with Crippen LogP contribution in [0.1, 0.15) is 52.0 Å². The molecule has 2 N–H and O–H groups in total. The molecule has 1 fully saturated rings. The highest BCUT2D eigenvalue weighted by Crippen LogP contribution is 2.29. The van der Waals surface area contributed by atoms with E-state index in [1.54, 1.807) is 26.2 Å². The number of carbonyl (C=O) groups is 4. The number of likely N-dealkylation sites (N-methyl/N-ethyl adjacent to an activating group) is 1. The first-order chi connectivity index (χ1) is 19.2. The number of nitrogens with one attached hydrogen (secondary N) is 2. The summed E-state index contributed by atoms with van der Waals surface area (Å²) in [6.45, 7) is 6.88. The van der Waals surface area contributed by atoms with E-state index >= 15 is 0 Å². The van der Waals surface area contributed by atoms with E-state index in [1.807, 2.05) is 56.0 Å². The second-order valence-corrected chi connectivity index (χ2v) is 10.7. The number of nitrogens with zero attached hydrogens (tertiary/aromatic N) is 2. The standard InChI is InChI=1S/C30H48N4O6/c1-7-21(2)28(33(4)27(37)19-31-20-35)25(39-5)18-26(36)34-17-11-14-24(34)29(40-6)22(3)30(38)32-16-15-23-12-9-8-10-13-23/h8-10,12-13,20-22,24-25,28-29H,7,11,14-19H2,1-6H3,(H,31,35)(H,32,38)/t21?,22-,24?,25?,28?,29?/m1/s1. The highest BCUT2D eigenvalue weighted by molar-refractivity contribution is 5.81. The number of hydrogen-bond acceptors (Lipinski definition) is 6. The Morgan fingerprint density at radius 3 is 2.45 bits per heavy atom. The Bertz CT molecular complexity index is 945. The number of ether oxygens (including phenoxy) is 2. The molecule has 6 atom stereocenters. The summed E-state index contributed by atoms with van der Waals surface area (Å²) in [6.07, 6.45) is 2.69. The molecule has 1 saturated heterocycles. The van der Waals surface area contributed by atoms with Crippen LogP contribution in [-0.4, -0.2) is 99.1 Å². The monoisotopic (exact) mass is 560 g/mol. The van der Waals surface area contributed by atoms with E-state index in [0.29, 0.717) is 19.5 Å². The van der Waals surface area contributed by atoms with Gasteiger partial charge in [-0.05, 0) is 30.7 Å². The predicted octanol–water partition coefficient (Wildman–Crippen LogP) is 2.01. The van der Waals surface area contributed by atoms with Gasteiger partial charge in [-0.3, -0.25) is 19.2 Å². The molecule has 0 spiro atoms. The van der Waals surface area contributed by atoms with E-state index in [0.717, 1.165) is 31.2 Å². The fraction of sp³-hybridized carbons (Fsp3) is 0.667. The summed E-state index contributed by atoms with van der Waals surface area (Å²) >= 11 is 0. The second kappa shape index (κ2) is 17.0. The van der Waals surface area contributed by atoms with Gasteiger partial charge in [0.1, 0.15) is 0 Å². The number of hydrogen-bond donors (Lipinski definition) is 2. The van der Waals surface area contributed by atoms with Gasteiger partial charge in [0, 0.05) is 34.4 Å². The molecule has 1 aromatic carbocycles. The quantitative estimate of drug-likeness (QED) is 0.282. The van der Waals surface area contributed by atoms with Crippen LogP contribution in [0.15, 0.2) is 30.3 Å². The maximum Gasteiger partial charge on any atom is 0.242 e. The van der Waals surface area contributed by atoms with Gasteiger partial charge >= 0.3 is 0 Å². The van der Waals surface area contributed by atoms with Crippen LogP contribution in [-0.2, 0) is 35.1 Å². The van der Waals surface area contributed by atoms with Gasteiger partial charge in [0.25, 0.3) is 0 Å². The van der Waals surface area contributed by atoms with Crippen molar-refractivity contribution in [2.24, 2.45) is 11.8 Å². The van der Waals surface area contributed by atoms with Crippen molar-refractivity contribution >= 4 is 24.1 Å². The molecule has 4 amide bonds. The van der Waals surface area contributed by atoms with Crippen LogP contribution >= 0.6 is 0 Å². The van der Waals surface area contributed by atoms with Crippen molar-refractivity contribution < 1.29 is 28.7 Å². The Kier molecular flexibility index (Phi) is 14.1. The zero-order chi connectivity index (χ0) is 29.7. The van der Waals surface area contributed by atoms with Gasteiger partial charge in [0.05, 0.1) is 43.2 Å². The van der Waals surface area contributed by atoms with Gasteiger partial charge in [0.2, 0.25) is 24.1 Å². The first-order valence-corrected chi connectivity index (χ1v) is 14.3. The molecule has 0 aromatic heterocycles. The SMILES string of the molecule is CCC(C)C(C(CC(=O)N1CCCC1C(OC)[C@@H](C)C(=O)NCCc1ccccc1)OC)N(C)C(=O)CNC=O. The van der Waals surface area contributed by atoms with E-state index in [2.05, 4.69) is 10.6 Å². The summed E-state index contributed by atoms with van der Waals surface area (Å²) in [5.74, 6) is -0.827. The summed E-state index contributed by atoms with van der Waals surface area (Å²) in [6, 6.07) is 9.40. The number of amides is 4. The van der Waals surface area contributed by atoms with Gasteiger partial charge in [-0.25, -0.2) is 0 Å². The number of rotatable bonds is 17. The van der Waals surface area contributed by atoms with E-state index in [1.165, 1.54) is 0 Å². The lowest BCUT2D eigenvalue weighted by Crippen LogP contribution is -2.54. The van der Waals surface area contributed by atoms with Crippen LogP contribution in [0.25, 0.3) is 0 Å². The van der Waals surface area contributed by atoms with Crippen molar-refractivity contribution in [1.29, 1.82) is 0 Å². The first-order valence-electron chi connectivity index (χ1n) is 14.3. The summed E-state index contributed by atoms with van der Waals surface area (Å²) in [7, 11) is 4.82. The molecule has 10 heteroatoms. The van der Waals surface area contributed by atoms with Gasteiger partial charge in [0.15, 0.2) is 0 Å². The third-order valence-electron chi connectivity index (χ3n) is 8.20. The normalized spacial score (nSPS) is 18.8. The van der Waals surface area contributed by atoms with Crippen LogP contribution in [0.5, 0.6) is 0 Å². The Hall–Kier alpha value is -2.98. The molecule has 0 aliphatic carbocycles. The molecular weight excluding hydrogens is 512 g/mol. The molecule has 1 aliphatic heterocycles. The smallest absolute Gasteiger partial charge is 0.242 e. The third-order valence-corrected chi connectivity index (χ3v) is 8.20. The van der Waals surface area contributed by atoms with Crippen molar-refractivity contribution in [3.05, 3.63) is 35.9 Å². The van der Waals surface area contributed by atoms with Crippen molar-refractivity contribution in [1.82, 2.24) is 20.4 Å². The highest BCUT2D eigenvalue weighted by atomic mass is 16.5. The largest absolute Gasteiger partial charge is 0.379 e. The highest BCUT2D eigenvalue weighted by Gasteiger charge is 2.41. The Labute approximate surface area is 239 Å². The first kappa shape index (κ1) is 33.2.